The number of nitrogens with zero attached hydrogens (tertiary/aromatic N) is 2. The van der Waals surface area contributed by atoms with Gasteiger partial charge < -0.3 is 25.4 Å². The highest BCUT2D eigenvalue weighted by molar-refractivity contribution is 6.02. The summed E-state index contributed by atoms with van der Waals surface area (Å²) in [5, 5.41) is 15.2. The number of aromatic carboxylic acids is 1. The van der Waals surface area contributed by atoms with Crippen molar-refractivity contribution < 1.29 is 24.2 Å². The van der Waals surface area contributed by atoms with E-state index in [1.165, 1.54) is 0 Å². The van der Waals surface area contributed by atoms with Gasteiger partial charge in [0.2, 0.25) is 11.8 Å². The normalized spacial score (nSPS) is 14.9. The third kappa shape index (κ3) is 7.52. The fourth-order valence-electron chi connectivity index (χ4n) is 3.19. The number of anilines is 2. The zero-order valence-corrected chi connectivity index (χ0v) is 18.9. The molecular weight excluding hydrogens is 400 g/mol. The zero-order chi connectivity index (χ0) is 23.0. The molecule has 0 unspecified atom stereocenters. The molecule has 1 aromatic rings. The van der Waals surface area contributed by atoms with Crippen LogP contribution < -0.4 is 15.5 Å². The van der Waals surface area contributed by atoms with E-state index in [1.807, 2.05) is 6.07 Å². The number of carbonyl (C=O) groups is 3. The number of hydrogen-bond donors (Lipinski definition) is 3. The van der Waals surface area contributed by atoms with E-state index in [-0.39, 0.29) is 17.4 Å². The van der Waals surface area contributed by atoms with Gasteiger partial charge in [-0.2, -0.15) is 0 Å². The van der Waals surface area contributed by atoms with Gasteiger partial charge in [0.05, 0.1) is 17.8 Å². The minimum atomic E-state index is -1.09. The molecular formula is C22H34N4O5. The van der Waals surface area contributed by atoms with Gasteiger partial charge in [-0.15, -0.1) is 0 Å². The van der Waals surface area contributed by atoms with Gasteiger partial charge in [-0.1, -0.05) is 20.8 Å². The number of benzene rings is 1. The SMILES string of the molecule is COCCCNC(=O)CN1CCN(c2ccc(NC(=O)C(C)(C)C)c(C(=O)O)c2)CC1. The lowest BCUT2D eigenvalue weighted by atomic mass is 9.95. The van der Waals surface area contributed by atoms with Crippen molar-refractivity contribution in [2.24, 2.45) is 5.41 Å². The number of nitrogens with one attached hydrogen (secondary N) is 2. The van der Waals surface area contributed by atoms with Crippen LogP contribution in [0.2, 0.25) is 0 Å². The first-order valence-electron chi connectivity index (χ1n) is 10.5. The number of hydrogen-bond acceptors (Lipinski definition) is 6. The Bertz CT molecular complexity index is 783. The molecule has 0 spiro atoms. The summed E-state index contributed by atoms with van der Waals surface area (Å²) in [4.78, 5) is 40.2. The number of piperazine rings is 1. The summed E-state index contributed by atoms with van der Waals surface area (Å²) in [7, 11) is 1.64. The molecule has 1 aliphatic heterocycles. The highest BCUT2D eigenvalue weighted by Crippen LogP contribution is 2.26. The Hall–Kier alpha value is -2.65. The standard InChI is InChI=1S/C22H34N4O5/c1-22(2,3)21(30)24-18-7-6-16(14-17(18)20(28)29)26-11-9-25(10-12-26)15-19(27)23-8-5-13-31-4/h6-7,14H,5,8-13,15H2,1-4H3,(H,23,27)(H,24,30)(H,28,29). The zero-order valence-electron chi connectivity index (χ0n) is 18.9. The van der Waals surface area contributed by atoms with Gasteiger partial charge in [-0.3, -0.25) is 14.5 Å². The Kier molecular flexibility index (Phi) is 8.82. The quantitative estimate of drug-likeness (QED) is 0.507. The average Bonchev–Trinajstić information content (AvgIpc) is 2.71. The van der Waals surface area contributed by atoms with E-state index in [2.05, 4.69) is 20.4 Å². The number of ether oxygens (including phenoxy) is 1. The third-order valence-electron chi connectivity index (χ3n) is 5.12. The van der Waals surface area contributed by atoms with Gasteiger partial charge in [0.1, 0.15) is 0 Å². The predicted molar refractivity (Wildman–Crippen MR) is 120 cm³/mol. The third-order valence-corrected chi connectivity index (χ3v) is 5.12. The van der Waals surface area contributed by atoms with E-state index in [4.69, 9.17) is 4.74 Å². The number of methoxy groups -OCH3 is 1. The number of carbonyl (C=O) groups excluding carboxylic acids is 2. The van der Waals surface area contributed by atoms with Crippen molar-refractivity contribution in [2.75, 3.05) is 63.2 Å². The second-order valence-corrected chi connectivity index (χ2v) is 8.70. The van der Waals surface area contributed by atoms with Crippen LogP contribution in [0.4, 0.5) is 11.4 Å². The molecule has 9 nitrogen and oxygen atoms in total. The van der Waals surface area contributed by atoms with Crippen LogP contribution in [-0.4, -0.2) is 80.8 Å². The molecule has 1 saturated heterocycles. The minimum absolute atomic E-state index is 0.00309. The maximum Gasteiger partial charge on any atom is 0.337 e. The molecule has 0 radical (unpaired) electrons. The van der Waals surface area contributed by atoms with Crippen molar-refractivity contribution in [3.05, 3.63) is 23.8 Å². The van der Waals surface area contributed by atoms with E-state index in [0.29, 0.717) is 51.6 Å². The number of carboxylic acid groups (broad SMARTS) is 1. The molecule has 1 aliphatic rings. The summed E-state index contributed by atoms with van der Waals surface area (Å²) in [5.74, 6) is -1.33. The van der Waals surface area contributed by atoms with Crippen molar-refractivity contribution in [1.82, 2.24) is 10.2 Å². The van der Waals surface area contributed by atoms with Crippen LogP contribution in [-0.2, 0) is 14.3 Å². The minimum Gasteiger partial charge on any atom is -0.478 e. The first-order valence-corrected chi connectivity index (χ1v) is 10.5. The van der Waals surface area contributed by atoms with Crippen molar-refractivity contribution in [2.45, 2.75) is 27.2 Å². The molecule has 1 aromatic carbocycles. The Morgan fingerprint density at radius 3 is 2.39 bits per heavy atom. The fraction of sp³-hybridized carbons (Fsp3) is 0.591. The monoisotopic (exact) mass is 434 g/mol. The summed E-state index contributed by atoms with van der Waals surface area (Å²) in [6, 6.07) is 5.06. The highest BCUT2D eigenvalue weighted by Gasteiger charge is 2.25. The van der Waals surface area contributed by atoms with E-state index in [0.717, 1.165) is 12.1 Å². The van der Waals surface area contributed by atoms with E-state index >= 15 is 0 Å². The Morgan fingerprint density at radius 2 is 1.81 bits per heavy atom. The summed E-state index contributed by atoms with van der Waals surface area (Å²) in [6.07, 6.45) is 0.786. The maximum absolute atomic E-state index is 12.3. The molecule has 3 N–H and O–H groups in total. The van der Waals surface area contributed by atoms with Gasteiger partial charge in [0.15, 0.2) is 0 Å². The Morgan fingerprint density at radius 1 is 1.13 bits per heavy atom. The molecule has 0 bridgehead atoms. The van der Waals surface area contributed by atoms with Crippen LogP contribution in [0.5, 0.6) is 0 Å². The van der Waals surface area contributed by atoms with Crippen LogP contribution in [0.15, 0.2) is 18.2 Å². The fourth-order valence-corrected chi connectivity index (χ4v) is 3.19. The van der Waals surface area contributed by atoms with Crippen molar-refractivity contribution in [3.8, 4) is 0 Å². The van der Waals surface area contributed by atoms with Crippen molar-refractivity contribution in [3.63, 3.8) is 0 Å². The van der Waals surface area contributed by atoms with Crippen molar-refractivity contribution >= 4 is 29.2 Å². The molecule has 0 saturated carbocycles. The predicted octanol–water partition coefficient (Wildman–Crippen LogP) is 1.64. The highest BCUT2D eigenvalue weighted by atomic mass is 16.5. The summed E-state index contributed by atoms with van der Waals surface area (Å²) in [5.41, 5.74) is 0.517. The molecule has 2 amide bonds. The van der Waals surface area contributed by atoms with E-state index in [1.54, 1.807) is 40.0 Å². The lowest BCUT2D eigenvalue weighted by Crippen LogP contribution is -2.49. The Balaban J connectivity index is 1.94. The Labute approximate surface area is 183 Å². The second kappa shape index (κ2) is 11.1. The van der Waals surface area contributed by atoms with Crippen LogP contribution >= 0.6 is 0 Å². The lowest BCUT2D eigenvalue weighted by Gasteiger charge is -2.36. The van der Waals surface area contributed by atoms with Gasteiger partial charge in [0, 0.05) is 57.5 Å². The average molecular weight is 435 g/mol. The number of rotatable bonds is 9. The molecule has 31 heavy (non-hydrogen) atoms. The van der Waals surface area contributed by atoms with Crippen LogP contribution in [0.3, 0.4) is 0 Å². The van der Waals surface area contributed by atoms with E-state index in [9.17, 15) is 19.5 Å². The van der Waals surface area contributed by atoms with E-state index < -0.39 is 11.4 Å². The molecule has 0 atom stereocenters. The largest absolute Gasteiger partial charge is 0.478 e. The first kappa shape index (κ1) is 24.6. The summed E-state index contributed by atoms with van der Waals surface area (Å²) >= 11 is 0. The van der Waals surface area contributed by atoms with Crippen LogP contribution in [0.1, 0.15) is 37.6 Å². The second-order valence-electron chi connectivity index (χ2n) is 8.70. The van der Waals surface area contributed by atoms with Crippen LogP contribution in [0.25, 0.3) is 0 Å². The molecule has 0 aliphatic carbocycles. The molecule has 1 heterocycles. The smallest absolute Gasteiger partial charge is 0.337 e. The molecule has 2 rings (SSSR count). The first-order chi connectivity index (χ1) is 14.6. The van der Waals surface area contributed by atoms with Gasteiger partial charge >= 0.3 is 5.97 Å². The molecule has 172 valence electrons. The summed E-state index contributed by atoms with van der Waals surface area (Å²) in [6.45, 7) is 9.67. The number of amides is 2. The summed E-state index contributed by atoms with van der Waals surface area (Å²) < 4.78 is 4.97. The maximum atomic E-state index is 12.3. The van der Waals surface area contributed by atoms with Crippen molar-refractivity contribution in [1.29, 1.82) is 0 Å². The topological polar surface area (TPSA) is 111 Å². The molecule has 9 heteroatoms. The number of carboxylic acids is 1. The molecule has 1 fully saturated rings. The van der Waals surface area contributed by atoms with Gasteiger partial charge in [0.25, 0.3) is 0 Å². The lowest BCUT2D eigenvalue weighted by molar-refractivity contribution is -0.123. The molecule has 0 aromatic heterocycles. The van der Waals surface area contributed by atoms with Gasteiger partial charge in [-0.05, 0) is 24.6 Å². The van der Waals surface area contributed by atoms with Gasteiger partial charge in [-0.25, -0.2) is 4.79 Å². The van der Waals surface area contributed by atoms with Crippen LogP contribution in [0, 0.1) is 5.41 Å².